The quantitative estimate of drug-likeness (QED) is 0.423. The van der Waals surface area contributed by atoms with Gasteiger partial charge in [-0.2, -0.15) is 0 Å². The lowest BCUT2D eigenvalue weighted by Gasteiger charge is -2.35. The Morgan fingerprint density at radius 1 is 1.08 bits per heavy atom. The van der Waals surface area contributed by atoms with Gasteiger partial charge in [-0.25, -0.2) is 4.98 Å². The third kappa shape index (κ3) is 6.27. The van der Waals surface area contributed by atoms with Gasteiger partial charge in [0, 0.05) is 37.4 Å². The van der Waals surface area contributed by atoms with Crippen LogP contribution in [-0.4, -0.2) is 59.0 Å². The zero-order chi connectivity index (χ0) is 25.5. The fourth-order valence-corrected chi connectivity index (χ4v) is 4.53. The van der Waals surface area contributed by atoms with Gasteiger partial charge >= 0.3 is 0 Å². The van der Waals surface area contributed by atoms with E-state index in [1.807, 2.05) is 19.9 Å². The lowest BCUT2D eigenvalue weighted by molar-refractivity contribution is -0.119. The molecule has 1 fully saturated rings. The average Bonchev–Trinajstić information content (AvgIpc) is 3.26. The number of anilines is 2. The Balaban J connectivity index is 1.46. The smallest absolute Gasteiger partial charge is 0.294 e. The second-order valence-corrected chi connectivity index (χ2v) is 9.39. The predicted molar refractivity (Wildman–Crippen MR) is 139 cm³/mol. The molecule has 9 heteroatoms. The molecule has 4 heterocycles. The van der Waals surface area contributed by atoms with E-state index in [1.54, 1.807) is 30.6 Å². The predicted octanol–water partition coefficient (Wildman–Crippen LogP) is 4.64. The van der Waals surface area contributed by atoms with E-state index in [2.05, 4.69) is 32.4 Å². The first-order chi connectivity index (χ1) is 17.5. The average molecular weight is 494 g/mol. The molecule has 3 aromatic rings. The number of ether oxygens (including phenoxy) is 1. The number of nitrogens with one attached hydrogen (secondary N) is 2. The van der Waals surface area contributed by atoms with Gasteiger partial charge in [-0.1, -0.05) is 26.3 Å². The summed E-state index contributed by atoms with van der Waals surface area (Å²) in [6, 6.07) is 7.46. The first kappa shape index (κ1) is 25.8. The van der Waals surface area contributed by atoms with E-state index in [9.17, 15) is 9.59 Å². The largest absolute Gasteiger partial charge is 0.447 e. The standard InChI is InChI=1S/C27H35N5O4/c1-4-6-20(32-13-15-35-16-14-32)10-9-19(3)26(33)31-24-23-21(7-5-12-28-23)36-25(24)27(34)30-22-11-8-18(2)17-29-22/h5,7-8,11-12,17,19-20H,4,6,9-10,13-16H2,1-3H3,(H,31,33)(H,29,30,34)/t19-,20?/m0/s1. The van der Waals surface area contributed by atoms with Crippen molar-refractivity contribution < 1.29 is 18.7 Å². The lowest BCUT2D eigenvalue weighted by atomic mass is 9.97. The molecule has 2 N–H and O–H groups in total. The zero-order valence-electron chi connectivity index (χ0n) is 21.3. The summed E-state index contributed by atoms with van der Waals surface area (Å²) in [6.45, 7) is 9.43. The van der Waals surface area contributed by atoms with Crippen molar-refractivity contribution in [3.8, 4) is 0 Å². The molecule has 0 radical (unpaired) electrons. The Morgan fingerprint density at radius 3 is 2.61 bits per heavy atom. The number of morpholine rings is 1. The Hall–Kier alpha value is -3.30. The van der Waals surface area contributed by atoms with E-state index in [0.717, 1.165) is 57.6 Å². The molecule has 0 spiro atoms. The number of aromatic nitrogens is 2. The second kappa shape index (κ2) is 12.1. The summed E-state index contributed by atoms with van der Waals surface area (Å²) in [5, 5.41) is 5.68. The molecule has 0 aromatic carbocycles. The van der Waals surface area contributed by atoms with E-state index in [1.165, 1.54) is 0 Å². The number of hydrogen-bond donors (Lipinski definition) is 2. The highest BCUT2D eigenvalue weighted by Gasteiger charge is 2.27. The van der Waals surface area contributed by atoms with E-state index < -0.39 is 5.91 Å². The maximum Gasteiger partial charge on any atom is 0.294 e. The van der Waals surface area contributed by atoms with E-state index in [0.29, 0.717) is 23.0 Å². The third-order valence-electron chi connectivity index (χ3n) is 6.62. The highest BCUT2D eigenvalue weighted by molar-refractivity contribution is 6.13. The molecule has 1 aliphatic heterocycles. The number of amides is 2. The van der Waals surface area contributed by atoms with Crippen LogP contribution in [0.3, 0.4) is 0 Å². The number of hydrogen-bond acceptors (Lipinski definition) is 7. The van der Waals surface area contributed by atoms with Crippen LogP contribution >= 0.6 is 0 Å². The molecule has 2 amide bonds. The van der Waals surface area contributed by atoms with Crippen molar-refractivity contribution in [1.29, 1.82) is 0 Å². The third-order valence-corrected chi connectivity index (χ3v) is 6.62. The summed E-state index contributed by atoms with van der Waals surface area (Å²) < 4.78 is 11.3. The Labute approximate surface area is 211 Å². The molecule has 36 heavy (non-hydrogen) atoms. The van der Waals surface area contributed by atoms with Gasteiger partial charge < -0.3 is 19.8 Å². The Bertz CT molecular complexity index is 1170. The van der Waals surface area contributed by atoms with Crippen molar-refractivity contribution in [2.45, 2.75) is 52.5 Å². The summed E-state index contributed by atoms with van der Waals surface area (Å²) in [7, 11) is 0. The SMILES string of the molecule is CCCC(CC[C@H](C)C(=O)Nc1c(C(=O)Nc2ccc(C)cn2)oc2cccnc12)N1CCOCC1. The number of nitrogens with zero attached hydrogens (tertiary/aromatic N) is 3. The minimum atomic E-state index is -0.498. The molecule has 4 rings (SSSR count). The fraction of sp³-hybridized carbons (Fsp3) is 0.481. The molecular weight excluding hydrogens is 458 g/mol. The fourth-order valence-electron chi connectivity index (χ4n) is 4.53. The lowest BCUT2D eigenvalue weighted by Crippen LogP contribution is -2.43. The van der Waals surface area contributed by atoms with Crippen molar-refractivity contribution in [1.82, 2.24) is 14.9 Å². The monoisotopic (exact) mass is 493 g/mol. The van der Waals surface area contributed by atoms with Crippen molar-refractivity contribution in [2.24, 2.45) is 5.92 Å². The Kier molecular flexibility index (Phi) is 8.66. The molecule has 0 aliphatic carbocycles. The highest BCUT2D eigenvalue weighted by Crippen LogP contribution is 2.30. The van der Waals surface area contributed by atoms with Crippen LogP contribution in [0, 0.1) is 12.8 Å². The van der Waals surface area contributed by atoms with Crippen LogP contribution in [0.1, 0.15) is 55.6 Å². The van der Waals surface area contributed by atoms with E-state index >= 15 is 0 Å². The van der Waals surface area contributed by atoms with E-state index in [4.69, 9.17) is 9.15 Å². The van der Waals surface area contributed by atoms with Gasteiger partial charge in [0.15, 0.2) is 5.58 Å². The summed E-state index contributed by atoms with van der Waals surface area (Å²) in [4.78, 5) is 37.3. The van der Waals surface area contributed by atoms with Gasteiger partial charge in [-0.15, -0.1) is 0 Å². The van der Waals surface area contributed by atoms with Crippen LogP contribution < -0.4 is 10.6 Å². The van der Waals surface area contributed by atoms with Crippen LogP contribution in [0.4, 0.5) is 11.5 Å². The molecule has 2 atom stereocenters. The van der Waals surface area contributed by atoms with Gasteiger partial charge in [-0.05, 0) is 49.9 Å². The van der Waals surface area contributed by atoms with Gasteiger partial charge in [0.25, 0.3) is 5.91 Å². The number of carbonyl (C=O) groups is 2. The molecule has 0 saturated carbocycles. The normalized spacial score (nSPS) is 16.0. The van der Waals surface area contributed by atoms with Gasteiger partial charge in [0.1, 0.15) is 17.0 Å². The van der Waals surface area contributed by atoms with Gasteiger partial charge in [0.2, 0.25) is 11.7 Å². The summed E-state index contributed by atoms with van der Waals surface area (Å²) in [5.74, 6) is -0.502. The number of rotatable bonds is 10. The van der Waals surface area contributed by atoms with Crippen LogP contribution in [0.5, 0.6) is 0 Å². The molecule has 1 unspecified atom stereocenters. The zero-order valence-corrected chi connectivity index (χ0v) is 21.3. The molecule has 1 saturated heterocycles. The molecule has 0 bridgehead atoms. The van der Waals surface area contributed by atoms with Gasteiger partial charge in [0.05, 0.1) is 13.2 Å². The number of aryl methyl sites for hydroxylation is 1. The minimum absolute atomic E-state index is 0.00352. The minimum Gasteiger partial charge on any atom is -0.447 e. The Morgan fingerprint density at radius 2 is 1.89 bits per heavy atom. The van der Waals surface area contributed by atoms with Crippen LogP contribution in [0.15, 0.2) is 41.1 Å². The second-order valence-electron chi connectivity index (χ2n) is 9.39. The molecule has 9 nitrogen and oxygen atoms in total. The van der Waals surface area contributed by atoms with Crippen molar-refractivity contribution >= 4 is 34.4 Å². The van der Waals surface area contributed by atoms with Crippen molar-refractivity contribution in [3.63, 3.8) is 0 Å². The molecule has 3 aromatic heterocycles. The van der Waals surface area contributed by atoms with Crippen LogP contribution in [0.2, 0.25) is 0 Å². The van der Waals surface area contributed by atoms with Crippen molar-refractivity contribution in [2.75, 3.05) is 36.9 Å². The topological polar surface area (TPSA) is 110 Å². The molecule has 192 valence electrons. The highest BCUT2D eigenvalue weighted by atomic mass is 16.5. The van der Waals surface area contributed by atoms with E-state index in [-0.39, 0.29) is 23.3 Å². The van der Waals surface area contributed by atoms with Crippen LogP contribution in [0.25, 0.3) is 11.1 Å². The summed E-state index contributed by atoms with van der Waals surface area (Å²) in [5.41, 5.74) is 2.14. The molecular formula is C27H35N5O4. The van der Waals surface area contributed by atoms with Crippen molar-refractivity contribution in [3.05, 3.63) is 48.0 Å². The number of carbonyl (C=O) groups excluding carboxylic acids is 2. The number of pyridine rings is 2. The van der Waals surface area contributed by atoms with Gasteiger partial charge in [-0.3, -0.25) is 19.5 Å². The molecule has 1 aliphatic rings. The first-order valence-electron chi connectivity index (χ1n) is 12.7. The summed E-state index contributed by atoms with van der Waals surface area (Å²) in [6.07, 6.45) is 7.15. The number of furan rings is 1. The maximum atomic E-state index is 13.2. The first-order valence-corrected chi connectivity index (χ1v) is 12.7. The maximum absolute atomic E-state index is 13.2. The number of fused-ring (bicyclic) bond motifs is 1. The summed E-state index contributed by atoms with van der Waals surface area (Å²) >= 11 is 0. The van der Waals surface area contributed by atoms with Crippen LogP contribution in [-0.2, 0) is 9.53 Å².